The predicted octanol–water partition coefficient (Wildman–Crippen LogP) is 4.04. The van der Waals surface area contributed by atoms with Gasteiger partial charge in [-0.15, -0.1) is 0 Å². The van der Waals surface area contributed by atoms with E-state index < -0.39 is 0 Å². The molecular weight excluding hydrogens is 255 g/mol. The first-order valence-corrected chi connectivity index (χ1v) is 6.56. The van der Waals surface area contributed by atoms with Gasteiger partial charge in [0.25, 0.3) is 0 Å². The van der Waals surface area contributed by atoms with Gasteiger partial charge in [-0.05, 0) is 44.1 Å². The van der Waals surface area contributed by atoms with Crippen molar-refractivity contribution >= 4 is 23.2 Å². The second kappa shape index (κ2) is 5.73. The van der Waals surface area contributed by atoms with Crippen molar-refractivity contribution in [2.45, 2.75) is 25.3 Å². The first kappa shape index (κ1) is 12.7. The molecule has 1 aliphatic rings. The second-order valence-corrected chi connectivity index (χ2v) is 5.14. The van der Waals surface area contributed by atoms with E-state index in [1.807, 2.05) is 0 Å². The van der Waals surface area contributed by atoms with Crippen molar-refractivity contribution in [3.8, 4) is 6.07 Å². The van der Waals surface area contributed by atoms with Crippen LogP contribution in [0.1, 0.15) is 30.9 Å². The number of rotatable bonds is 2. The Balaban J connectivity index is 2.28. The first-order chi connectivity index (χ1) is 8.22. The van der Waals surface area contributed by atoms with Crippen molar-refractivity contribution < 1.29 is 0 Å². The van der Waals surface area contributed by atoms with Crippen LogP contribution in [0.25, 0.3) is 0 Å². The van der Waals surface area contributed by atoms with Gasteiger partial charge in [-0.3, -0.25) is 4.90 Å². The molecule has 0 aliphatic carbocycles. The molecule has 1 saturated heterocycles. The lowest BCUT2D eigenvalue weighted by atomic mass is 10.0. The fourth-order valence-electron chi connectivity index (χ4n) is 2.25. The monoisotopic (exact) mass is 268 g/mol. The van der Waals surface area contributed by atoms with Crippen LogP contribution in [-0.2, 0) is 0 Å². The molecule has 1 fully saturated rings. The highest BCUT2D eigenvalue weighted by molar-refractivity contribution is 6.33. The standard InChI is InChI=1S/C13H14Cl2N2/c14-10-4-5-12(15)11(8-10)13(9-16)17-6-2-1-3-7-17/h4-5,8,13H,1-3,6-7H2. The fraction of sp³-hybridized carbons (Fsp3) is 0.462. The summed E-state index contributed by atoms with van der Waals surface area (Å²) in [6, 6.07) is 7.37. The lowest BCUT2D eigenvalue weighted by Gasteiger charge is -2.31. The van der Waals surface area contributed by atoms with Crippen molar-refractivity contribution in [1.82, 2.24) is 4.90 Å². The van der Waals surface area contributed by atoms with Crippen LogP contribution < -0.4 is 0 Å². The third-order valence-corrected chi connectivity index (χ3v) is 3.71. The van der Waals surface area contributed by atoms with E-state index in [4.69, 9.17) is 23.2 Å². The van der Waals surface area contributed by atoms with Crippen LogP contribution in [0.5, 0.6) is 0 Å². The zero-order chi connectivity index (χ0) is 12.3. The summed E-state index contributed by atoms with van der Waals surface area (Å²) in [7, 11) is 0. The van der Waals surface area contributed by atoms with Gasteiger partial charge in [-0.2, -0.15) is 5.26 Å². The average Bonchev–Trinajstić information content (AvgIpc) is 2.36. The Morgan fingerprint density at radius 3 is 2.53 bits per heavy atom. The maximum Gasteiger partial charge on any atom is 0.125 e. The second-order valence-electron chi connectivity index (χ2n) is 4.29. The number of likely N-dealkylation sites (tertiary alicyclic amines) is 1. The molecule has 0 saturated carbocycles. The molecule has 17 heavy (non-hydrogen) atoms. The number of piperidine rings is 1. The van der Waals surface area contributed by atoms with Gasteiger partial charge in [0, 0.05) is 15.6 Å². The Morgan fingerprint density at radius 1 is 1.18 bits per heavy atom. The van der Waals surface area contributed by atoms with Crippen LogP contribution in [0.15, 0.2) is 18.2 Å². The quantitative estimate of drug-likeness (QED) is 0.810. The van der Waals surface area contributed by atoms with Crippen LogP contribution >= 0.6 is 23.2 Å². The summed E-state index contributed by atoms with van der Waals surface area (Å²) in [5.41, 5.74) is 0.823. The zero-order valence-corrected chi connectivity index (χ0v) is 11.0. The highest BCUT2D eigenvalue weighted by atomic mass is 35.5. The minimum absolute atomic E-state index is 0.276. The lowest BCUT2D eigenvalue weighted by molar-refractivity contribution is 0.196. The van der Waals surface area contributed by atoms with E-state index in [2.05, 4.69) is 11.0 Å². The van der Waals surface area contributed by atoms with Crippen molar-refractivity contribution in [2.24, 2.45) is 0 Å². The third-order valence-electron chi connectivity index (χ3n) is 3.13. The number of hydrogen-bond acceptors (Lipinski definition) is 2. The van der Waals surface area contributed by atoms with E-state index in [9.17, 15) is 5.26 Å². The molecule has 2 rings (SSSR count). The SMILES string of the molecule is N#CC(c1cc(Cl)ccc1Cl)N1CCCCC1. The van der Waals surface area contributed by atoms with Crippen molar-refractivity contribution in [2.75, 3.05) is 13.1 Å². The van der Waals surface area contributed by atoms with E-state index >= 15 is 0 Å². The topological polar surface area (TPSA) is 27.0 Å². The molecule has 4 heteroatoms. The van der Waals surface area contributed by atoms with Gasteiger partial charge in [0.05, 0.1) is 6.07 Å². The van der Waals surface area contributed by atoms with Gasteiger partial charge in [0.1, 0.15) is 6.04 Å². The van der Waals surface area contributed by atoms with Crippen molar-refractivity contribution in [3.05, 3.63) is 33.8 Å². The van der Waals surface area contributed by atoms with Gasteiger partial charge in [-0.1, -0.05) is 29.6 Å². The first-order valence-electron chi connectivity index (χ1n) is 5.81. The Hall–Kier alpha value is -0.750. The molecular formula is C13H14Cl2N2. The Labute approximate surface area is 112 Å². The van der Waals surface area contributed by atoms with Crippen molar-refractivity contribution in [1.29, 1.82) is 5.26 Å². The normalized spacial score (nSPS) is 18.6. The van der Waals surface area contributed by atoms with Crippen LogP contribution in [0.2, 0.25) is 10.0 Å². The molecule has 0 amide bonds. The number of nitrogens with zero attached hydrogens (tertiary/aromatic N) is 2. The summed E-state index contributed by atoms with van der Waals surface area (Å²) in [6.07, 6.45) is 3.55. The highest BCUT2D eigenvalue weighted by Gasteiger charge is 2.23. The Kier molecular flexibility index (Phi) is 4.28. The largest absolute Gasteiger partial charge is 0.284 e. The molecule has 1 heterocycles. The summed E-state index contributed by atoms with van der Waals surface area (Å²) in [4.78, 5) is 2.18. The smallest absolute Gasteiger partial charge is 0.125 e. The van der Waals surface area contributed by atoms with Crippen LogP contribution in [0.3, 0.4) is 0 Å². The van der Waals surface area contributed by atoms with E-state index in [1.165, 1.54) is 6.42 Å². The highest BCUT2D eigenvalue weighted by Crippen LogP contribution is 2.31. The molecule has 0 radical (unpaired) electrons. The van der Waals surface area contributed by atoms with Gasteiger partial charge in [-0.25, -0.2) is 0 Å². The lowest BCUT2D eigenvalue weighted by Crippen LogP contribution is -2.33. The zero-order valence-electron chi connectivity index (χ0n) is 9.50. The van der Waals surface area contributed by atoms with Gasteiger partial charge in [0.15, 0.2) is 0 Å². The molecule has 1 aromatic carbocycles. The molecule has 1 aliphatic heterocycles. The third kappa shape index (κ3) is 2.93. The molecule has 2 nitrogen and oxygen atoms in total. The summed E-state index contributed by atoms with van der Waals surface area (Å²) >= 11 is 12.1. The van der Waals surface area contributed by atoms with Crippen LogP contribution in [0.4, 0.5) is 0 Å². The molecule has 1 unspecified atom stereocenters. The van der Waals surface area contributed by atoms with E-state index in [0.717, 1.165) is 31.5 Å². The molecule has 1 atom stereocenters. The number of benzene rings is 1. The minimum Gasteiger partial charge on any atom is -0.284 e. The predicted molar refractivity (Wildman–Crippen MR) is 70.2 cm³/mol. The average molecular weight is 269 g/mol. The van der Waals surface area contributed by atoms with Gasteiger partial charge in [0.2, 0.25) is 0 Å². The fourth-order valence-corrected chi connectivity index (χ4v) is 2.65. The Bertz CT molecular complexity index is 434. The van der Waals surface area contributed by atoms with E-state index in [-0.39, 0.29) is 6.04 Å². The molecule has 0 bridgehead atoms. The molecule has 0 N–H and O–H groups in total. The minimum atomic E-state index is -0.276. The van der Waals surface area contributed by atoms with Crippen molar-refractivity contribution in [3.63, 3.8) is 0 Å². The maximum absolute atomic E-state index is 9.35. The number of halogens is 2. The number of nitriles is 1. The van der Waals surface area contributed by atoms with E-state index in [1.54, 1.807) is 18.2 Å². The van der Waals surface area contributed by atoms with Crippen LogP contribution in [-0.4, -0.2) is 18.0 Å². The Morgan fingerprint density at radius 2 is 1.88 bits per heavy atom. The molecule has 1 aromatic rings. The van der Waals surface area contributed by atoms with Gasteiger partial charge < -0.3 is 0 Å². The summed E-state index contributed by atoms with van der Waals surface area (Å²) in [6.45, 7) is 1.92. The number of hydrogen-bond donors (Lipinski definition) is 0. The molecule has 0 aromatic heterocycles. The maximum atomic E-state index is 9.35. The van der Waals surface area contributed by atoms with Crippen LogP contribution in [0, 0.1) is 11.3 Å². The molecule has 90 valence electrons. The van der Waals surface area contributed by atoms with E-state index in [0.29, 0.717) is 10.0 Å². The summed E-state index contributed by atoms with van der Waals surface area (Å²) in [5, 5.41) is 10.6. The summed E-state index contributed by atoms with van der Waals surface area (Å²) in [5.74, 6) is 0. The van der Waals surface area contributed by atoms with Gasteiger partial charge >= 0.3 is 0 Å². The molecule has 0 spiro atoms. The summed E-state index contributed by atoms with van der Waals surface area (Å²) < 4.78 is 0.